The number of aromatic nitrogens is 1. The van der Waals surface area contributed by atoms with Crippen LogP contribution in [0.5, 0.6) is 0 Å². The van der Waals surface area contributed by atoms with Crippen LogP contribution in [0.4, 0.5) is 0 Å². The van der Waals surface area contributed by atoms with Gasteiger partial charge in [0, 0.05) is 18.0 Å². The van der Waals surface area contributed by atoms with Gasteiger partial charge in [-0.25, -0.2) is 5.84 Å². The van der Waals surface area contributed by atoms with Gasteiger partial charge in [-0.05, 0) is 12.1 Å². The van der Waals surface area contributed by atoms with Crippen LogP contribution in [0, 0.1) is 0 Å². The van der Waals surface area contributed by atoms with Gasteiger partial charge in [0.05, 0.1) is 6.42 Å². The molecule has 0 aliphatic heterocycles. The minimum absolute atomic E-state index is 0.248. The number of nitrogens with zero attached hydrogens (tertiary/aromatic N) is 1. The molecule has 3 N–H and O–H groups in total. The van der Waals surface area contributed by atoms with E-state index in [0.29, 0.717) is 5.56 Å². The van der Waals surface area contributed by atoms with Crippen LogP contribution < -0.4 is 11.3 Å². The first-order valence-corrected chi connectivity index (χ1v) is 3.66. The van der Waals surface area contributed by atoms with Gasteiger partial charge >= 0.3 is 0 Å². The molecule has 5 heteroatoms. The lowest BCUT2D eigenvalue weighted by Gasteiger charge is -1.98. The van der Waals surface area contributed by atoms with Crippen LogP contribution in [0.1, 0.15) is 16.8 Å². The maximum atomic E-state index is 11.3. The molecule has 0 bridgehead atoms. The Morgan fingerprint density at radius 1 is 1.54 bits per heavy atom. The van der Waals surface area contributed by atoms with Gasteiger partial charge in [0.15, 0.2) is 5.78 Å². The summed E-state index contributed by atoms with van der Waals surface area (Å²) in [7, 11) is 0. The van der Waals surface area contributed by atoms with Crippen molar-refractivity contribution in [2.45, 2.75) is 6.42 Å². The number of nitrogens with two attached hydrogens (primary N) is 1. The van der Waals surface area contributed by atoms with Gasteiger partial charge in [-0.2, -0.15) is 0 Å². The Labute approximate surface area is 74.9 Å². The van der Waals surface area contributed by atoms with E-state index in [2.05, 4.69) is 4.98 Å². The van der Waals surface area contributed by atoms with Crippen LogP contribution in [0.2, 0.25) is 0 Å². The van der Waals surface area contributed by atoms with Crippen LogP contribution >= 0.6 is 0 Å². The number of rotatable bonds is 3. The Morgan fingerprint density at radius 3 is 2.85 bits per heavy atom. The van der Waals surface area contributed by atoms with Crippen LogP contribution in [0.25, 0.3) is 0 Å². The van der Waals surface area contributed by atoms with E-state index in [4.69, 9.17) is 5.84 Å². The van der Waals surface area contributed by atoms with E-state index in [9.17, 15) is 9.59 Å². The van der Waals surface area contributed by atoms with Crippen molar-refractivity contribution in [2.24, 2.45) is 5.84 Å². The summed E-state index contributed by atoms with van der Waals surface area (Å²) in [4.78, 5) is 25.7. The van der Waals surface area contributed by atoms with Crippen LogP contribution in [-0.4, -0.2) is 16.7 Å². The molecule has 0 aromatic carbocycles. The smallest absolute Gasteiger partial charge is 0.241 e. The summed E-state index contributed by atoms with van der Waals surface area (Å²) in [6, 6.07) is 3.23. The van der Waals surface area contributed by atoms with Crippen LogP contribution in [-0.2, 0) is 4.79 Å². The molecule has 0 atom stereocenters. The predicted molar refractivity (Wildman–Crippen MR) is 45.5 cm³/mol. The number of carbonyl (C=O) groups is 2. The minimum Gasteiger partial charge on any atom is -0.294 e. The lowest BCUT2D eigenvalue weighted by Crippen LogP contribution is -2.31. The molecule has 0 aliphatic rings. The monoisotopic (exact) mass is 179 g/mol. The van der Waals surface area contributed by atoms with Gasteiger partial charge < -0.3 is 0 Å². The molecule has 68 valence electrons. The number of Topliss-reactive ketones (excluding diaryl/α,β-unsaturated/α-hetero) is 1. The third-order valence-electron chi connectivity index (χ3n) is 1.47. The van der Waals surface area contributed by atoms with E-state index in [0.717, 1.165) is 0 Å². The zero-order chi connectivity index (χ0) is 9.68. The number of hydrazine groups is 1. The van der Waals surface area contributed by atoms with Crippen molar-refractivity contribution in [1.29, 1.82) is 0 Å². The maximum absolute atomic E-state index is 11.3. The standard InChI is InChI=1S/C8H9N3O2/c9-11-8(13)4-7(12)6-2-1-3-10-5-6/h1-3,5H,4,9H2,(H,11,13). The topological polar surface area (TPSA) is 85.1 Å². The summed E-state index contributed by atoms with van der Waals surface area (Å²) in [5.74, 6) is 4.03. The minimum atomic E-state index is -0.506. The van der Waals surface area contributed by atoms with E-state index in [1.807, 2.05) is 5.43 Å². The fourth-order valence-corrected chi connectivity index (χ4v) is 0.827. The largest absolute Gasteiger partial charge is 0.294 e. The van der Waals surface area contributed by atoms with Crippen molar-refractivity contribution < 1.29 is 9.59 Å². The summed E-state index contributed by atoms with van der Waals surface area (Å²) in [6.07, 6.45) is 2.72. The second-order valence-corrected chi connectivity index (χ2v) is 2.41. The first kappa shape index (κ1) is 9.34. The van der Waals surface area contributed by atoms with Gasteiger partial charge in [-0.15, -0.1) is 0 Å². The van der Waals surface area contributed by atoms with Crippen LogP contribution in [0.3, 0.4) is 0 Å². The highest BCUT2D eigenvalue weighted by atomic mass is 16.2. The average Bonchev–Trinajstić information content (AvgIpc) is 2.19. The number of hydrogen-bond acceptors (Lipinski definition) is 4. The summed E-state index contributed by atoms with van der Waals surface area (Å²) in [5.41, 5.74) is 2.29. The molecule has 13 heavy (non-hydrogen) atoms. The van der Waals surface area contributed by atoms with E-state index in [-0.39, 0.29) is 12.2 Å². The van der Waals surface area contributed by atoms with Crippen molar-refractivity contribution in [3.8, 4) is 0 Å². The fraction of sp³-hybridized carbons (Fsp3) is 0.125. The molecule has 1 amide bonds. The number of nitrogens with one attached hydrogen (secondary N) is 1. The van der Waals surface area contributed by atoms with E-state index in [1.165, 1.54) is 6.20 Å². The zero-order valence-corrected chi connectivity index (χ0v) is 6.86. The first-order valence-electron chi connectivity index (χ1n) is 3.66. The van der Waals surface area contributed by atoms with Crippen molar-refractivity contribution >= 4 is 11.7 Å². The SMILES string of the molecule is NNC(=O)CC(=O)c1cccnc1. The zero-order valence-electron chi connectivity index (χ0n) is 6.86. The summed E-state index contributed by atoms with van der Waals surface area (Å²) >= 11 is 0. The molecule has 0 saturated heterocycles. The predicted octanol–water partition coefficient (Wildman–Crippen LogP) is -0.356. The molecule has 0 radical (unpaired) electrons. The summed E-state index contributed by atoms with van der Waals surface area (Å²) in [5, 5.41) is 0. The van der Waals surface area contributed by atoms with Crippen molar-refractivity contribution in [3.05, 3.63) is 30.1 Å². The quantitative estimate of drug-likeness (QED) is 0.218. The number of pyridine rings is 1. The Bertz CT molecular complexity index is 310. The number of ketones is 1. The van der Waals surface area contributed by atoms with E-state index in [1.54, 1.807) is 18.3 Å². The summed E-state index contributed by atoms with van der Waals surface area (Å²) < 4.78 is 0. The Morgan fingerprint density at radius 2 is 2.31 bits per heavy atom. The van der Waals surface area contributed by atoms with Crippen molar-refractivity contribution in [1.82, 2.24) is 10.4 Å². The molecule has 1 heterocycles. The number of carbonyl (C=O) groups excluding carboxylic acids is 2. The number of amides is 1. The van der Waals surface area contributed by atoms with Crippen molar-refractivity contribution in [3.63, 3.8) is 0 Å². The fourth-order valence-electron chi connectivity index (χ4n) is 0.827. The molecule has 1 rings (SSSR count). The molecule has 0 fully saturated rings. The molecule has 0 spiro atoms. The lowest BCUT2D eigenvalue weighted by molar-refractivity contribution is -0.120. The Hall–Kier alpha value is -1.75. The molecule has 5 nitrogen and oxygen atoms in total. The van der Waals surface area contributed by atoms with Gasteiger partial charge in [0.1, 0.15) is 0 Å². The summed E-state index contributed by atoms with van der Waals surface area (Å²) in [6.45, 7) is 0. The van der Waals surface area contributed by atoms with E-state index >= 15 is 0 Å². The van der Waals surface area contributed by atoms with Gasteiger partial charge in [0.2, 0.25) is 5.91 Å². The molecule has 0 unspecified atom stereocenters. The van der Waals surface area contributed by atoms with Crippen molar-refractivity contribution in [2.75, 3.05) is 0 Å². The first-order chi connectivity index (χ1) is 6.24. The molecular weight excluding hydrogens is 170 g/mol. The second-order valence-electron chi connectivity index (χ2n) is 2.41. The molecular formula is C8H9N3O2. The average molecular weight is 179 g/mol. The normalized spacial score (nSPS) is 9.31. The van der Waals surface area contributed by atoms with E-state index < -0.39 is 5.91 Å². The molecule has 0 aliphatic carbocycles. The number of hydrogen-bond donors (Lipinski definition) is 2. The third-order valence-corrected chi connectivity index (χ3v) is 1.47. The van der Waals surface area contributed by atoms with Gasteiger partial charge in [0.25, 0.3) is 0 Å². The van der Waals surface area contributed by atoms with Gasteiger partial charge in [-0.1, -0.05) is 0 Å². The lowest BCUT2D eigenvalue weighted by atomic mass is 10.1. The van der Waals surface area contributed by atoms with Gasteiger partial charge in [-0.3, -0.25) is 20.0 Å². The highest BCUT2D eigenvalue weighted by Crippen LogP contribution is 2.00. The molecule has 0 saturated carbocycles. The van der Waals surface area contributed by atoms with Crippen LogP contribution in [0.15, 0.2) is 24.5 Å². The molecule has 1 aromatic heterocycles. The Balaban J connectivity index is 2.65. The molecule has 1 aromatic rings. The highest BCUT2D eigenvalue weighted by molar-refractivity contribution is 6.06. The Kier molecular flexibility index (Phi) is 3.10. The third kappa shape index (κ3) is 2.64. The second kappa shape index (κ2) is 4.32. The maximum Gasteiger partial charge on any atom is 0.241 e. The highest BCUT2D eigenvalue weighted by Gasteiger charge is 2.09.